The van der Waals surface area contributed by atoms with E-state index in [1.54, 1.807) is 38.2 Å². The van der Waals surface area contributed by atoms with Crippen molar-refractivity contribution in [2.75, 3.05) is 20.0 Å². The van der Waals surface area contributed by atoms with Gasteiger partial charge in [0.05, 0.1) is 19.8 Å². The summed E-state index contributed by atoms with van der Waals surface area (Å²) in [5, 5.41) is 0. The van der Waals surface area contributed by atoms with Gasteiger partial charge in [-0.15, -0.1) is 0 Å². The van der Waals surface area contributed by atoms with E-state index in [9.17, 15) is 14.0 Å². The number of aryl methyl sites for hydroxylation is 1. The van der Waals surface area contributed by atoms with Crippen LogP contribution in [0.5, 0.6) is 11.5 Å². The maximum atomic E-state index is 13.4. The monoisotopic (exact) mass is 549 g/mol. The molecule has 0 fully saturated rings. The number of carbonyl (C=O) groups is 1. The van der Waals surface area contributed by atoms with Gasteiger partial charge in [-0.1, -0.05) is 42.5 Å². The van der Waals surface area contributed by atoms with Gasteiger partial charge in [-0.2, -0.15) is 0 Å². The molecule has 0 aliphatic rings. The Balaban J connectivity index is 1.39. The first-order valence-corrected chi connectivity index (χ1v) is 12.8. The number of benzene rings is 3. The van der Waals surface area contributed by atoms with E-state index in [1.807, 2.05) is 48.5 Å². The molecule has 2 aromatic heterocycles. The summed E-state index contributed by atoms with van der Waals surface area (Å²) in [5.41, 5.74) is 10.9. The first-order valence-electron chi connectivity index (χ1n) is 12.8. The third-order valence-electron chi connectivity index (χ3n) is 6.88. The Morgan fingerprint density at radius 1 is 0.829 bits per heavy atom. The molecular weight excluding hydrogens is 521 g/mol. The molecule has 41 heavy (non-hydrogen) atoms. The van der Waals surface area contributed by atoms with E-state index in [1.165, 1.54) is 30.5 Å². The van der Waals surface area contributed by atoms with Gasteiger partial charge in [-0.05, 0) is 52.6 Å². The number of Topliss-reactive ketones (excluding diaryl/α,β-unsaturated/α-hetero) is 1. The second kappa shape index (κ2) is 11.5. The summed E-state index contributed by atoms with van der Waals surface area (Å²) in [4.78, 5) is 30.8. The number of anilines is 1. The zero-order chi connectivity index (χ0) is 29.1. The number of rotatable bonds is 8. The van der Waals surface area contributed by atoms with Crippen LogP contribution in [0.2, 0.25) is 0 Å². The minimum atomic E-state index is -0.397. The molecule has 206 valence electrons. The number of nitrogens with zero attached hydrogens (tertiary/aromatic N) is 2. The third kappa shape index (κ3) is 5.72. The minimum Gasteiger partial charge on any atom is -0.493 e. The Labute approximate surface area is 236 Å². The van der Waals surface area contributed by atoms with Gasteiger partial charge in [0.15, 0.2) is 22.7 Å². The van der Waals surface area contributed by atoms with Crippen LogP contribution in [-0.2, 0) is 13.5 Å². The number of halogens is 1. The zero-order valence-corrected chi connectivity index (χ0v) is 22.9. The van der Waals surface area contributed by atoms with Crippen molar-refractivity contribution in [2.45, 2.75) is 6.42 Å². The van der Waals surface area contributed by atoms with Crippen molar-refractivity contribution in [3.05, 3.63) is 119 Å². The highest BCUT2D eigenvalue weighted by molar-refractivity contribution is 5.98. The Bertz CT molecular complexity index is 1800. The molecule has 3 aromatic carbocycles. The van der Waals surface area contributed by atoms with Crippen molar-refractivity contribution in [3.8, 4) is 44.9 Å². The number of hydrogen-bond acceptors (Lipinski definition) is 6. The van der Waals surface area contributed by atoms with E-state index in [0.29, 0.717) is 28.4 Å². The highest BCUT2D eigenvalue weighted by atomic mass is 19.1. The van der Waals surface area contributed by atoms with Crippen LogP contribution in [-0.4, -0.2) is 29.6 Å². The van der Waals surface area contributed by atoms with Crippen molar-refractivity contribution in [1.82, 2.24) is 9.55 Å². The lowest BCUT2D eigenvalue weighted by molar-refractivity contribution is 0.0991. The molecule has 5 rings (SSSR count). The molecule has 0 spiro atoms. The smallest absolute Gasteiger partial charge is 0.200 e. The first kappa shape index (κ1) is 27.3. The van der Waals surface area contributed by atoms with Crippen LogP contribution in [0.4, 0.5) is 10.2 Å². The Kier molecular flexibility index (Phi) is 7.65. The third-order valence-corrected chi connectivity index (χ3v) is 6.88. The van der Waals surface area contributed by atoms with Crippen LogP contribution in [0.1, 0.15) is 15.9 Å². The van der Waals surface area contributed by atoms with Gasteiger partial charge in [-0.3, -0.25) is 9.59 Å². The van der Waals surface area contributed by atoms with E-state index >= 15 is 0 Å². The molecule has 8 heteroatoms. The Morgan fingerprint density at radius 2 is 1.46 bits per heavy atom. The fraction of sp³-hybridized carbons (Fsp3) is 0.121. The van der Waals surface area contributed by atoms with E-state index in [2.05, 4.69) is 4.98 Å². The number of methoxy groups -OCH3 is 2. The van der Waals surface area contributed by atoms with Crippen molar-refractivity contribution in [3.63, 3.8) is 0 Å². The van der Waals surface area contributed by atoms with Gasteiger partial charge in [0.2, 0.25) is 0 Å². The number of nitrogen functional groups attached to an aromatic ring is 1. The molecule has 0 aliphatic carbocycles. The fourth-order valence-corrected chi connectivity index (χ4v) is 4.70. The molecule has 0 unspecified atom stereocenters. The van der Waals surface area contributed by atoms with Crippen molar-refractivity contribution >= 4 is 11.6 Å². The highest BCUT2D eigenvalue weighted by Gasteiger charge is 2.17. The van der Waals surface area contributed by atoms with Crippen molar-refractivity contribution < 1.29 is 18.7 Å². The first-order chi connectivity index (χ1) is 19.8. The van der Waals surface area contributed by atoms with Gasteiger partial charge in [0.1, 0.15) is 11.6 Å². The molecule has 2 N–H and O–H groups in total. The van der Waals surface area contributed by atoms with E-state index in [4.69, 9.17) is 15.2 Å². The number of aromatic nitrogens is 2. The predicted molar refractivity (Wildman–Crippen MR) is 158 cm³/mol. The zero-order valence-electron chi connectivity index (χ0n) is 22.9. The summed E-state index contributed by atoms with van der Waals surface area (Å²) < 4.78 is 25.8. The van der Waals surface area contributed by atoms with Gasteiger partial charge in [0.25, 0.3) is 0 Å². The average molecular weight is 550 g/mol. The van der Waals surface area contributed by atoms with E-state index in [-0.39, 0.29) is 23.2 Å². The van der Waals surface area contributed by atoms with Crippen LogP contribution in [0.25, 0.3) is 33.4 Å². The fourth-order valence-electron chi connectivity index (χ4n) is 4.70. The molecule has 0 atom stereocenters. The van der Waals surface area contributed by atoms with Gasteiger partial charge in [-0.25, -0.2) is 9.37 Å². The van der Waals surface area contributed by atoms with Crippen LogP contribution < -0.4 is 20.6 Å². The van der Waals surface area contributed by atoms with Crippen LogP contribution in [0, 0.1) is 5.82 Å². The summed E-state index contributed by atoms with van der Waals surface area (Å²) in [7, 11) is 4.91. The highest BCUT2D eigenvalue weighted by Crippen LogP contribution is 2.35. The minimum absolute atomic E-state index is 0.0435. The largest absolute Gasteiger partial charge is 0.493 e. The normalized spacial score (nSPS) is 10.8. The standard InChI is InChI=1S/C33H28FN3O4/c1-37-18-27(22-8-11-25(34)12-9-22)32(39)28(19-37)29(38)14-20-4-6-21(7-5-20)26-15-24(17-36-33(26)35)23-10-13-30(40-2)31(16-23)41-3/h4-13,15-19H,14H2,1-3H3,(H2,35,36). The number of ketones is 1. The summed E-state index contributed by atoms with van der Waals surface area (Å²) in [6.07, 6.45) is 4.91. The number of hydrogen-bond donors (Lipinski definition) is 1. The van der Waals surface area contributed by atoms with E-state index in [0.717, 1.165) is 27.8 Å². The molecule has 2 heterocycles. The molecular formula is C33H28FN3O4. The number of nitrogens with two attached hydrogens (primary N) is 1. The number of ether oxygens (including phenoxy) is 2. The summed E-state index contributed by atoms with van der Waals surface area (Å²) in [5.74, 6) is 0.907. The van der Waals surface area contributed by atoms with E-state index < -0.39 is 5.82 Å². The van der Waals surface area contributed by atoms with Crippen molar-refractivity contribution in [1.29, 1.82) is 0 Å². The lowest BCUT2D eigenvalue weighted by atomic mass is 9.97. The van der Waals surface area contributed by atoms with Crippen molar-refractivity contribution in [2.24, 2.45) is 7.05 Å². The van der Waals surface area contributed by atoms with Gasteiger partial charge < -0.3 is 19.8 Å². The molecule has 0 aliphatic heterocycles. The maximum Gasteiger partial charge on any atom is 0.200 e. The molecule has 0 saturated heterocycles. The lowest BCUT2D eigenvalue weighted by Gasteiger charge is -2.12. The Morgan fingerprint density at radius 3 is 2.15 bits per heavy atom. The van der Waals surface area contributed by atoms with Crippen LogP contribution in [0.15, 0.2) is 96.2 Å². The summed E-state index contributed by atoms with van der Waals surface area (Å²) >= 11 is 0. The molecule has 5 aromatic rings. The molecule has 7 nitrogen and oxygen atoms in total. The van der Waals surface area contributed by atoms with Crippen LogP contribution in [0.3, 0.4) is 0 Å². The SMILES string of the molecule is COc1ccc(-c2cnc(N)c(-c3ccc(CC(=O)c4cn(C)cc(-c5ccc(F)cc5)c4=O)cc3)c2)cc1OC. The van der Waals surface area contributed by atoms with Crippen LogP contribution >= 0.6 is 0 Å². The average Bonchev–Trinajstić information content (AvgIpc) is 2.99. The Hall–Kier alpha value is -5.24. The predicted octanol–water partition coefficient (Wildman–Crippen LogP) is 5.95. The molecule has 0 bridgehead atoms. The van der Waals surface area contributed by atoms with Gasteiger partial charge >= 0.3 is 0 Å². The summed E-state index contributed by atoms with van der Waals surface area (Å²) in [6, 6.07) is 20.6. The maximum absolute atomic E-state index is 13.4. The number of carbonyl (C=O) groups excluding carboxylic acids is 1. The molecule has 0 amide bonds. The molecule has 0 radical (unpaired) electrons. The summed E-state index contributed by atoms with van der Waals surface area (Å²) in [6.45, 7) is 0. The second-order valence-electron chi connectivity index (χ2n) is 9.61. The number of pyridine rings is 2. The molecule has 0 saturated carbocycles. The van der Waals surface area contributed by atoms with Gasteiger partial charge in [0, 0.05) is 48.7 Å². The lowest BCUT2D eigenvalue weighted by Crippen LogP contribution is -2.20. The quantitative estimate of drug-likeness (QED) is 0.241. The second-order valence-corrected chi connectivity index (χ2v) is 9.61. The topological polar surface area (TPSA) is 96.4 Å².